The van der Waals surface area contributed by atoms with Crippen LogP contribution in [0.5, 0.6) is 5.75 Å². The van der Waals surface area contributed by atoms with Crippen LogP contribution in [-0.4, -0.2) is 18.2 Å². The third-order valence-corrected chi connectivity index (χ3v) is 2.17. The molecule has 0 spiro atoms. The summed E-state index contributed by atoms with van der Waals surface area (Å²) in [6, 6.07) is 4.74. The van der Waals surface area contributed by atoms with Crippen LogP contribution in [0.1, 0.15) is 10.4 Å². The summed E-state index contributed by atoms with van der Waals surface area (Å²) in [6.45, 7) is 0. The number of carboxylic acid groups (broad SMARTS) is 1. The van der Waals surface area contributed by atoms with Crippen LogP contribution >= 0.6 is 0 Å². The number of carboxylic acids is 1. The zero-order valence-corrected chi connectivity index (χ0v) is 8.60. The minimum absolute atomic E-state index is 0.185. The zero-order chi connectivity index (χ0) is 11.5. The van der Waals surface area contributed by atoms with E-state index < -0.39 is 5.97 Å². The summed E-state index contributed by atoms with van der Waals surface area (Å²) < 4.78 is 5.05. The number of rotatable bonds is 3. The van der Waals surface area contributed by atoms with Crippen molar-refractivity contribution >= 4 is 11.7 Å². The van der Waals surface area contributed by atoms with Gasteiger partial charge in [-0.1, -0.05) is 0 Å². The molecule has 84 valence electrons. The average Bonchev–Trinajstić information content (AvgIpc) is 2.81. The van der Waals surface area contributed by atoms with Gasteiger partial charge in [-0.05, 0) is 12.1 Å². The number of hydrogen-bond donors (Lipinski definition) is 3. The molecular weight excluding hydrogens is 210 g/mol. The summed E-state index contributed by atoms with van der Waals surface area (Å²) in [5.74, 6) is -0.399. The van der Waals surface area contributed by atoms with Crippen molar-refractivity contribution in [3.63, 3.8) is 0 Å². The molecule has 0 unspecified atom stereocenters. The van der Waals surface area contributed by atoms with Crippen molar-refractivity contribution in [1.82, 2.24) is 10.9 Å². The number of benzene rings is 1. The Morgan fingerprint density at radius 1 is 1.38 bits per heavy atom. The Balaban J connectivity index is 2.41. The first-order chi connectivity index (χ1) is 7.72. The van der Waals surface area contributed by atoms with Crippen molar-refractivity contribution in [3.8, 4) is 5.75 Å². The van der Waals surface area contributed by atoms with E-state index in [1.807, 2.05) is 0 Å². The molecule has 16 heavy (non-hydrogen) atoms. The number of anilines is 1. The Morgan fingerprint density at radius 2 is 2.06 bits per heavy atom. The summed E-state index contributed by atoms with van der Waals surface area (Å²) in [5, 5.41) is 10.5. The predicted molar refractivity (Wildman–Crippen MR) is 57.8 cm³/mol. The number of aromatic carboxylic acids is 1. The maximum absolute atomic E-state index is 11.0. The largest absolute Gasteiger partial charge is 0.497 e. The van der Waals surface area contributed by atoms with Crippen LogP contribution in [0.2, 0.25) is 0 Å². The Bertz CT molecular complexity index is 437. The van der Waals surface area contributed by atoms with Gasteiger partial charge in [0.2, 0.25) is 0 Å². The first-order valence-electron chi connectivity index (χ1n) is 4.61. The summed E-state index contributed by atoms with van der Waals surface area (Å²) in [7, 11) is 1.53. The monoisotopic (exact) mass is 221 g/mol. The van der Waals surface area contributed by atoms with Gasteiger partial charge in [0, 0.05) is 18.5 Å². The Kier molecular flexibility index (Phi) is 2.55. The van der Waals surface area contributed by atoms with Crippen molar-refractivity contribution in [2.75, 3.05) is 12.2 Å². The average molecular weight is 221 g/mol. The fourth-order valence-electron chi connectivity index (χ4n) is 1.40. The third kappa shape index (κ3) is 1.72. The second kappa shape index (κ2) is 4.01. The van der Waals surface area contributed by atoms with Gasteiger partial charge in [0.05, 0.1) is 18.4 Å². The number of hydrazine groups is 2. The first kappa shape index (κ1) is 10.2. The molecule has 1 aliphatic rings. The first-order valence-corrected chi connectivity index (χ1v) is 4.61. The molecule has 0 bridgehead atoms. The van der Waals surface area contributed by atoms with E-state index >= 15 is 0 Å². The molecule has 2 rings (SSSR count). The van der Waals surface area contributed by atoms with Crippen LogP contribution in [0.15, 0.2) is 30.6 Å². The van der Waals surface area contributed by atoms with E-state index in [0.29, 0.717) is 11.4 Å². The van der Waals surface area contributed by atoms with E-state index in [2.05, 4.69) is 10.9 Å². The van der Waals surface area contributed by atoms with Crippen LogP contribution in [0.4, 0.5) is 5.69 Å². The second-order valence-corrected chi connectivity index (χ2v) is 3.12. The number of ether oxygens (including phenoxy) is 1. The van der Waals surface area contributed by atoms with Gasteiger partial charge in [0.15, 0.2) is 0 Å². The summed E-state index contributed by atoms with van der Waals surface area (Å²) in [6.07, 6.45) is 3.32. The molecule has 0 amide bonds. The van der Waals surface area contributed by atoms with Gasteiger partial charge in [0.25, 0.3) is 0 Å². The normalized spacial score (nSPS) is 13.2. The van der Waals surface area contributed by atoms with Crippen molar-refractivity contribution in [2.45, 2.75) is 0 Å². The van der Waals surface area contributed by atoms with Gasteiger partial charge in [-0.3, -0.25) is 10.9 Å². The van der Waals surface area contributed by atoms with Gasteiger partial charge in [-0.15, -0.1) is 0 Å². The molecule has 3 N–H and O–H groups in total. The molecule has 0 saturated carbocycles. The lowest BCUT2D eigenvalue weighted by atomic mass is 10.1. The van der Waals surface area contributed by atoms with E-state index in [-0.39, 0.29) is 5.56 Å². The van der Waals surface area contributed by atoms with Crippen molar-refractivity contribution in [2.24, 2.45) is 0 Å². The van der Waals surface area contributed by atoms with Crippen LogP contribution < -0.4 is 20.7 Å². The van der Waals surface area contributed by atoms with E-state index in [4.69, 9.17) is 9.84 Å². The van der Waals surface area contributed by atoms with Gasteiger partial charge in [-0.2, -0.15) is 5.12 Å². The van der Waals surface area contributed by atoms with E-state index in [1.165, 1.54) is 18.3 Å². The highest BCUT2D eigenvalue weighted by Gasteiger charge is 2.17. The molecule has 0 fully saturated rings. The van der Waals surface area contributed by atoms with E-state index in [9.17, 15) is 4.79 Å². The van der Waals surface area contributed by atoms with Gasteiger partial charge in [0.1, 0.15) is 5.75 Å². The van der Waals surface area contributed by atoms with Crippen LogP contribution in [-0.2, 0) is 0 Å². The predicted octanol–water partition coefficient (Wildman–Crippen LogP) is 0.694. The lowest BCUT2D eigenvalue weighted by molar-refractivity contribution is 0.0697. The molecular formula is C10H11N3O3. The van der Waals surface area contributed by atoms with Crippen molar-refractivity contribution in [3.05, 3.63) is 36.2 Å². The van der Waals surface area contributed by atoms with Gasteiger partial charge in [-0.25, -0.2) is 4.79 Å². The minimum atomic E-state index is -0.992. The molecule has 0 radical (unpaired) electrons. The molecule has 0 atom stereocenters. The summed E-state index contributed by atoms with van der Waals surface area (Å²) >= 11 is 0. The Morgan fingerprint density at radius 3 is 2.62 bits per heavy atom. The number of nitrogens with zero attached hydrogens (tertiary/aromatic N) is 1. The molecule has 1 aromatic rings. The SMILES string of the molecule is COc1ccc(C(=O)O)c(N2NC=CN2)c1. The quantitative estimate of drug-likeness (QED) is 0.697. The lowest BCUT2D eigenvalue weighted by Crippen LogP contribution is -2.38. The standard InChI is InChI=1S/C10H11N3O3/c1-16-7-2-3-8(10(14)15)9(6-7)13-11-4-5-12-13/h2-6,11-12H,1H3,(H,14,15). The third-order valence-electron chi connectivity index (χ3n) is 2.17. The van der Waals surface area contributed by atoms with Crippen LogP contribution in [0, 0.1) is 0 Å². The lowest BCUT2D eigenvalue weighted by Gasteiger charge is -2.20. The Hall–Kier alpha value is -2.37. The van der Waals surface area contributed by atoms with Gasteiger partial charge >= 0.3 is 5.97 Å². The highest BCUT2D eigenvalue weighted by molar-refractivity contribution is 5.94. The fourth-order valence-corrected chi connectivity index (χ4v) is 1.40. The highest BCUT2D eigenvalue weighted by atomic mass is 16.5. The van der Waals surface area contributed by atoms with Crippen molar-refractivity contribution < 1.29 is 14.6 Å². The molecule has 1 aliphatic heterocycles. The maximum atomic E-state index is 11.0. The molecule has 1 aromatic carbocycles. The zero-order valence-electron chi connectivity index (χ0n) is 8.60. The molecule has 0 aromatic heterocycles. The van der Waals surface area contributed by atoms with E-state index in [0.717, 1.165) is 0 Å². The smallest absolute Gasteiger partial charge is 0.337 e. The van der Waals surface area contributed by atoms with Crippen LogP contribution in [0.3, 0.4) is 0 Å². The van der Waals surface area contributed by atoms with Gasteiger partial charge < -0.3 is 9.84 Å². The maximum Gasteiger partial charge on any atom is 0.337 e. The fraction of sp³-hybridized carbons (Fsp3) is 0.100. The molecule has 0 saturated heterocycles. The highest BCUT2D eigenvalue weighted by Crippen LogP contribution is 2.25. The molecule has 6 nitrogen and oxygen atoms in total. The van der Waals surface area contributed by atoms with Crippen molar-refractivity contribution in [1.29, 1.82) is 0 Å². The summed E-state index contributed by atoms with van der Waals surface area (Å²) in [4.78, 5) is 11.0. The Labute approximate surface area is 92.1 Å². The van der Waals surface area contributed by atoms with E-state index in [1.54, 1.807) is 24.5 Å². The molecule has 6 heteroatoms. The molecule has 0 aliphatic carbocycles. The number of methoxy groups -OCH3 is 1. The number of nitrogens with one attached hydrogen (secondary N) is 2. The topological polar surface area (TPSA) is 73.8 Å². The summed E-state index contributed by atoms with van der Waals surface area (Å²) in [5.41, 5.74) is 6.35. The molecule has 1 heterocycles. The second-order valence-electron chi connectivity index (χ2n) is 3.12. The number of carbonyl (C=O) groups is 1. The minimum Gasteiger partial charge on any atom is -0.497 e. The van der Waals surface area contributed by atoms with Crippen LogP contribution in [0.25, 0.3) is 0 Å². The number of hydrogen-bond acceptors (Lipinski definition) is 5.